The van der Waals surface area contributed by atoms with Crippen molar-refractivity contribution in [1.29, 1.82) is 0 Å². The van der Waals surface area contributed by atoms with Gasteiger partial charge in [0.2, 0.25) is 0 Å². The topological polar surface area (TPSA) is 30.7 Å². The Balaban J connectivity index is 2.29. The van der Waals surface area contributed by atoms with E-state index < -0.39 is 0 Å². The summed E-state index contributed by atoms with van der Waals surface area (Å²) < 4.78 is 3.08. The Kier molecular flexibility index (Phi) is 2.86. The molecule has 0 fully saturated rings. The molecule has 2 aromatic rings. The molecule has 2 heterocycles. The molecule has 78 valence electrons. The Morgan fingerprint density at radius 2 is 2.27 bits per heavy atom. The van der Waals surface area contributed by atoms with Crippen LogP contribution in [0.5, 0.6) is 0 Å². The van der Waals surface area contributed by atoms with Crippen LogP contribution >= 0.6 is 15.9 Å². The van der Waals surface area contributed by atoms with Gasteiger partial charge in [-0.1, -0.05) is 6.07 Å². The summed E-state index contributed by atoms with van der Waals surface area (Å²) in [6.45, 7) is 2.00. The second-order valence-electron chi connectivity index (χ2n) is 3.49. The van der Waals surface area contributed by atoms with E-state index in [-0.39, 0.29) is 0 Å². The molecule has 0 atom stereocenters. The number of rotatable bonds is 2. The molecule has 0 N–H and O–H groups in total. The third-order valence-corrected chi connectivity index (χ3v) is 3.40. The second-order valence-corrected chi connectivity index (χ2v) is 4.24. The van der Waals surface area contributed by atoms with Crippen LogP contribution in [0.1, 0.15) is 17.1 Å². The fraction of sp³-hybridized carbons (Fsp3) is 0.273. The lowest BCUT2D eigenvalue weighted by Gasteiger charge is -1.98. The lowest BCUT2D eigenvalue weighted by Crippen LogP contribution is -1.92. The Hall–Kier alpha value is -1.16. The fourth-order valence-electron chi connectivity index (χ4n) is 1.46. The van der Waals surface area contributed by atoms with Crippen LogP contribution in [-0.2, 0) is 13.5 Å². The van der Waals surface area contributed by atoms with Gasteiger partial charge in [-0.2, -0.15) is 0 Å². The second kappa shape index (κ2) is 4.14. The molecule has 0 radical (unpaired) electrons. The van der Waals surface area contributed by atoms with E-state index in [1.165, 1.54) is 5.56 Å². The van der Waals surface area contributed by atoms with Crippen LogP contribution in [-0.4, -0.2) is 14.5 Å². The minimum Gasteiger partial charge on any atom is -0.326 e. The lowest BCUT2D eigenvalue weighted by molar-refractivity contribution is 0.839. The summed E-state index contributed by atoms with van der Waals surface area (Å²) in [6, 6.07) is 4.00. The Morgan fingerprint density at radius 3 is 2.80 bits per heavy atom. The van der Waals surface area contributed by atoms with Crippen molar-refractivity contribution in [3.8, 4) is 0 Å². The van der Waals surface area contributed by atoms with Gasteiger partial charge in [-0.25, -0.2) is 4.98 Å². The van der Waals surface area contributed by atoms with Crippen molar-refractivity contribution in [3.05, 3.63) is 46.2 Å². The maximum Gasteiger partial charge on any atom is 0.108 e. The molecule has 2 aromatic heterocycles. The van der Waals surface area contributed by atoms with Gasteiger partial charge in [0.1, 0.15) is 10.4 Å². The molecule has 0 aliphatic heterocycles. The molecule has 0 aromatic carbocycles. The molecular formula is C11H12BrN3. The van der Waals surface area contributed by atoms with Crippen LogP contribution in [0.2, 0.25) is 0 Å². The molecule has 15 heavy (non-hydrogen) atoms. The van der Waals surface area contributed by atoms with Crippen molar-refractivity contribution in [3.63, 3.8) is 0 Å². The molecule has 0 bridgehead atoms. The Morgan fingerprint density at radius 1 is 1.47 bits per heavy atom. The standard InChI is InChI=1S/C11H12BrN3/c1-8-14-10(11(12)15(8)2)6-9-4-3-5-13-7-9/h3-5,7H,6H2,1-2H3. The summed E-state index contributed by atoms with van der Waals surface area (Å²) in [5.41, 5.74) is 2.24. The average molecular weight is 266 g/mol. The first-order valence-electron chi connectivity index (χ1n) is 4.75. The minimum atomic E-state index is 0.816. The number of halogens is 1. The van der Waals surface area contributed by atoms with Gasteiger partial charge >= 0.3 is 0 Å². The van der Waals surface area contributed by atoms with Crippen LogP contribution in [0.15, 0.2) is 29.1 Å². The third-order valence-electron chi connectivity index (χ3n) is 2.41. The highest BCUT2D eigenvalue weighted by Gasteiger charge is 2.09. The fourth-order valence-corrected chi connectivity index (χ4v) is 1.95. The minimum absolute atomic E-state index is 0.816. The molecule has 0 amide bonds. The number of nitrogens with zero attached hydrogens (tertiary/aromatic N) is 3. The average Bonchev–Trinajstić information content (AvgIpc) is 2.48. The van der Waals surface area contributed by atoms with E-state index in [9.17, 15) is 0 Å². The van der Waals surface area contributed by atoms with Crippen molar-refractivity contribution in [2.75, 3.05) is 0 Å². The normalized spacial score (nSPS) is 10.6. The number of pyridine rings is 1. The summed E-state index contributed by atoms with van der Waals surface area (Å²) >= 11 is 3.54. The van der Waals surface area contributed by atoms with E-state index in [4.69, 9.17) is 0 Å². The third kappa shape index (κ3) is 2.09. The van der Waals surface area contributed by atoms with Gasteiger partial charge in [0.05, 0.1) is 5.69 Å². The van der Waals surface area contributed by atoms with Crippen molar-refractivity contribution >= 4 is 15.9 Å². The lowest BCUT2D eigenvalue weighted by atomic mass is 10.2. The van der Waals surface area contributed by atoms with E-state index in [0.717, 1.165) is 22.5 Å². The SMILES string of the molecule is Cc1nc(Cc2cccnc2)c(Br)n1C. The van der Waals surface area contributed by atoms with Gasteiger partial charge in [-0.15, -0.1) is 0 Å². The quantitative estimate of drug-likeness (QED) is 0.836. The number of hydrogen-bond acceptors (Lipinski definition) is 2. The largest absolute Gasteiger partial charge is 0.326 e. The van der Waals surface area contributed by atoms with Crippen LogP contribution in [0.4, 0.5) is 0 Å². The van der Waals surface area contributed by atoms with E-state index in [1.54, 1.807) is 6.20 Å². The van der Waals surface area contributed by atoms with Gasteiger partial charge in [-0.3, -0.25) is 4.98 Å². The summed E-state index contributed by atoms with van der Waals surface area (Å²) in [7, 11) is 2.00. The van der Waals surface area contributed by atoms with Crippen molar-refractivity contribution in [1.82, 2.24) is 14.5 Å². The van der Waals surface area contributed by atoms with Crippen molar-refractivity contribution in [2.24, 2.45) is 7.05 Å². The van der Waals surface area contributed by atoms with E-state index in [1.807, 2.05) is 30.8 Å². The number of imidazole rings is 1. The number of aromatic nitrogens is 3. The number of aryl methyl sites for hydroxylation is 1. The molecule has 0 aliphatic carbocycles. The van der Waals surface area contributed by atoms with E-state index >= 15 is 0 Å². The molecule has 0 saturated heterocycles. The van der Waals surface area contributed by atoms with Crippen LogP contribution < -0.4 is 0 Å². The number of hydrogen-bond donors (Lipinski definition) is 0. The molecular weight excluding hydrogens is 254 g/mol. The smallest absolute Gasteiger partial charge is 0.108 e. The molecule has 2 rings (SSSR count). The molecule has 0 unspecified atom stereocenters. The van der Waals surface area contributed by atoms with Crippen LogP contribution in [0.25, 0.3) is 0 Å². The first-order chi connectivity index (χ1) is 7.18. The van der Waals surface area contributed by atoms with E-state index in [2.05, 4.69) is 32.0 Å². The van der Waals surface area contributed by atoms with Gasteiger partial charge in [0, 0.05) is 25.9 Å². The zero-order valence-electron chi connectivity index (χ0n) is 8.74. The summed E-state index contributed by atoms with van der Waals surface area (Å²) in [6.07, 6.45) is 4.47. The maximum absolute atomic E-state index is 4.49. The zero-order chi connectivity index (χ0) is 10.8. The highest BCUT2D eigenvalue weighted by atomic mass is 79.9. The zero-order valence-corrected chi connectivity index (χ0v) is 10.3. The molecule has 0 spiro atoms. The van der Waals surface area contributed by atoms with Crippen LogP contribution in [0, 0.1) is 6.92 Å². The Labute approximate surface area is 97.3 Å². The molecule has 4 heteroatoms. The highest BCUT2D eigenvalue weighted by molar-refractivity contribution is 9.10. The van der Waals surface area contributed by atoms with Crippen molar-refractivity contribution in [2.45, 2.75) is 13.3 Å². The van der Waals surface area contributed by atoms with E-state index in [0.29, 0.717) is 0 Å². The summed E-state index contributed by atoms with van der Waals surface area (Å²) in [4.78, 5) is 8.58. The predicted molar refractivity (Wildman–Crippen MR) is 62.7 cm³/mol. The summed E-state index contributed by atoms with van der Waals surface area (Å²) in [5, 5.41) is 0. The summed E-state index contributed by atoms with van der Waals surface area (Å²) in [5.74, 6) is 1.01. The van der Waals surface area contributed by atoms with Gasteiger partial charge < -0.3 is 4.57 Å². The first-order valence-corrected chi connectivity index (χ1v) is 5.54. The predicted octanol–water partition coefficient (Wildman–Crippen LogP) is 2.48. The first kappa shape index (κ1) is 10.4. The molecule has 0 aliphatic rings. The monoisotopic (exact) mass is 265 g/mol. The maximum atomic E-state index is 4.49. The van der Waals surface area contributed by atoms with Gasteiger partial charge in [0.15, 0.2) is 0 Å². The Bertz CT molecular complexity index is 462. The van der Waals surface area contributed by atoms with Crippen molar-refractivity contribution < 1.29 is 0 Å². The van der Waals surface area contributed by atoms with Gasteiger partial charge in [0.25, 0.3) is 0 Å². The van der Waals surface area contributed by atoms with Gasteiger partial charge in [-0.05, 0) is 34.5 Å². The highest BCUT2D eigenvalue weighted by Crippen LogP contribution is 2.19. The van der Waals surface area contributed by atoms with Crippen LogP contribution in [0.3, 0.4) is 0 Å². The molecule has 0 saturated carbocycles. The molecule has 3 nitrogen and oxygen atoms in total.